The minimum atomic E-state index is -0.982. The van der Waals surface area contributed by atoms with E-state index in [4.69, 9.17) is 9.84 Å². The van der Waals surface area contributed by atoms with Crippen molar-refractivity contribution in [1.82, 2.24) is 10.3 Å². The SMILES string of the molecule is O=C(NCCC=Cc1ncc(C(=O)O)s1)OCc1ccccc1. The third-order valence-electron chi connectivity index (χ3n) is 2.79. The van der Waals surface area contributed by atoms with Gasteiger partial charge in [0.05, 0.1) is 6.20 Å². The number of nitrogens with one attached hydrogen (secondary N) is 1. The first kappa shape index (κ1) is 16.7. The summed E-state index contributed by atoms with van der Waals surface area (Å²) in [6, 6.07) is 9.44. The van der Waals surface area contributed by atoms with Gasteiger partial charge in [-0.1, -0.05) is 36.4 Å². The number of thiazole rings is 1. The Hall–Kier alpha value is -2.67. The third kappa shape index (κ3) is 5.91. The van der Waals surface area contributed by atoms with Crippen LogP contribution in [0.15, 0.2) is 42.6 Å². The maximum Gasteiger partial charge on any atom is 0.407 e. The Morgan fingerprint density at radius 1 is 1.30 bits per heavy atom. The fourth-order valence-electron chi connectivity index (χ4n) is 1.68. The molecule has 0 saturated heterocycles. The lowest BCUT2D eigenvalue weighted by Gasteiger charge is -2.05. The fraction of sp³-hybridized carbons (Fsp3) is 0.188. The van der Waals surface area contributed by atoms with Gasteiger partial charge in [-0.25, -0.2) is 14.6 Å². The van der Waals surface area contributed by atoms with Crippen molar-refractivity contribution in [2.24, 2.45) is 0 Å². The van der Waals surface area contributed by atoms with Gasteiger partial charge >= 0.3 is 12.1 Å². The summed E-state index contributed by atoms with van der Waals surface area (Å²) in [5.74, 6) is -0.982. The Morgan fingerprint density at radius 3 is 2.78 bits per heavy atom. The number of rotatable bonds is 7. The number of carbonyl (C=O) groups is 2. The van der Waals surface area contributed by atoms with E-state index in [0.717, 1.165) is 16.9 Å². The number of carbonyl (C=O) groups excluding carboxylic acids is 1. The lowest BCUT2D eigenvalue weighted by molar-refractivity contribution is 0.0702. The highest BCUT2D eigenvalue weighted by molar-refractivity contribution is 7.14. The summed E-state index contributed by atoms with van der Waals surface area (Å²) in [7, 11) is 0. The van der Waals surface area contributed by atoms with Crippen LogP contribution in [0.2, 0.25) is 0 Å². The second-order valence-corrected chi connectivity index (χ2v) is 5.61. The summed E-state index contributed by atoms with van der Waals surface area (Å²) < 4.78 is 5.07. The molecule has 2 N–H and O–H groups in total. The number of aromatic nitrogens is 1. The van der Waals surface area contributed by atoms with E-state index in [1.807, 2.05) is 36.4 Å². The molecule has 1 amide bonds. The number of hydrogen-bond acceptors (Lipinski definition) is 5. The number of ether oxygens (including phenoxy) is 1. The van der Waals surface area contributed by atoms with Gasteiger partial charge in [0.15, 0.2) is 0 Å². The van der Waals surface area contributed by atoms with Crippen LogP contribution >= 0.6 is 11.3 Å². The first-order chi connectivity index (χ1) is 11.1. The Bertz CT molecular complexity index is 682. The highest BCUT2D eigenvalue weighted by Gasteiger charge is 2.06. The molecule has 0 aliphatic heterocycles. The Kier molecular flexibility index (Phi) is 6.31. The Labute approximate surface area is 137 Å². The van der Waals surface area contributed by atoms with E-state index >= 15 is 0 Å². The van der Waals surface area contributed by atoms with Crippen LogP contribution in [0.1, 0.15) is 26.7 Å². The van der Waals surface area contributed by atoms with Crippen LogP contribution < -0.4 is 5.32 Å². The van der Waals surface area contributed by atoms with Gasteiger partial charge < -0.3 is 15.2 Å². The molecule has 0 atom stereocenters. The molecule has 0 aliphatic rings. The van der Waals surface area contributed by atoms with Crippen LogP contribution in [0.5, 0.6) is 0 Å². The summed E-state index contributed by atoms with van der Waals surface area (Å²) in [6.45, 7) is 0.668. The van der Waals surface area contributed by atoms with Crippen molar-refractivity contribution in [3.63, 3.8) is 0 Å². The molecule has 6 nitrogen and oxygen atoms in total. The van der Waals surface area contributed by atoms with Crippen LogP contribution in [0, 0.1) is 0 Å². The van der Waals surface area contributed by atoms with Gasteiger partial charge in [0.1, 0.15) is 16.5 Å². The molecule has 0 unspecified atom stereocenters. The lowest BCUT2D eigenvalue weighted by Crippen LogP contribution is -2.24. The van der Waals surface area contributed by atoms with Crippen LogP contribution in [0.25, 0.3) is 6.08 Å². The average molecular weight is 332 g/mol. The molecular formula is C16H16N2O4S. The van der Waals surface area contributed by atoms with E-state index in [0.29, 0.717) is 18.0 Å². The van der Waals surface area contributed by atoms with Gasteiger partial charge in [0, 0.05) is 6.54 Å². The quantitative estimate of drug-likeness (QED) is 0.760. The summed E-state index contributed by atoms with van der Waals surface area (Å²) in [4.78, 5) is 26.4. The summed E-state index contributed by atoms with van der Waals surface area (Å²) >= 11 is 1.10. The molecule has 1 aromatic carbocycles. The number of carboxylic acid groups (broad SMARTS) is 1. The third-order valence-corrected chi connectivity index (χ3v) is 3.74. The molecule has 0 radical (unpaired) electrons. The summed E-state index contributed by atoms with van der Waals surface area (Å²) in [6.07, 6.45) is 5.01. The van der Waals surface area contributed by atoms with Gasteiger partial charge in [-0.3, -0.25) is 0 Å². The number of hydrogen-bond donors (Lipinski definition) is 2. The molecule has 0 bridgehead atoms. The lowest BCUT2D eigenvalue weighted by atomic mass is 10.2. The molecule has 0 saturated carbocycles. The van der Waals surface area contributed by atoms with Crippen LogP contribution in [-0.4, -0.2) is 28.7 Å². The predicted molar refractivity (Wildman–Crippen MR) is 87.4 cm³/mol. The number of alkyl carbamates (subject to hydrolysis) is 1. The van der Waals surface area contributed by atoms with Crippen molar-refractivity contribution < 1.29 is 19.4 Å². The molecule has 2 aromatic rings. The molecule has 0 fully saturated rings. The number of aromatic carboxylic acids is 1. The molecule has 1 heterocycles. The van der Waals surface area contributed by atoms with Crippen molar-refractivity contribution in [1.29, 1.82) is 0 Å². The van der Waals surface area contributed by atoms with Crippen molar-refractivity contribution in [3.05, 3.63) is 58.1 Å². The first-order valence-electron chi connectivity index (χ1n) is 6.95. The molecule has 23 heavy (non-hydrogen) atoms. The smallest absolute Gasteiger partial charge is 0.407 e. The molecular weight excluding hydrogens is 316 g/mol. The molecule has 7 heteroatoms. The molecule has 1 aromatic heterocycles. The second-order valence-electron chi connectivity index (χ2n) is 4.55. The standard InChI is InChI=1S/C16H16N2O4S/c19-15(20)13-10-18-14(23-13)8-4-5-9-17-16(21)22-11-12-6-2-1-3-7-12/h1-4,6-8,10H,5,9,11H2,(H,17,21)(H,19,20). The summed E-state index contributed by atoms with van der Waals surface area (Å²) in [5.41, 5.74) is 0.931. The zero-order chi connectivity index (χ0) is 16.5. The van der Waals surface area contributed by atoms with Gasteiger partial charge in [-0.05, 0) is 18.1 Å². The van der Waals surface area contributed by atoms with Gasteiger partial charge in [-0.15, -0.1) is 11.3 Å². The summed E-state index contributed by atoms with van der Waals surface area (Å²) in [5, 5.41) is 12.0. The average Bonchev–Trinajstić information content (AvgIpc) is 3.03. The second kappa shape index (κ2) is 8.70. The van der Waals surface area contributed by atoms with E-state index < -0.39 is 12.1 Å². The van der Waals surface area contributed by atoms with E-state index in [1.54, 1.807) is 6.08 Å². The number of amides is 1. The van der Waals surface area contributed by atoms with E-state index in [9.17, 15) is 9.59 Å². The monoisotopic (exact) mass is 332 g/mol. The van der Waals surface area contributed by atoms with E-state index in [2.05, 4.69) is 10.3 Å². The van der Waals surface area contributed by atoms with Crippen molar-refractivity contribution >= 4 is 29.5 Å². The highest BCUT2D eigenvalue weighted by atomic mass is 32.1. The van der Waals surface area contributed by atoms with E-state index in [1.165, 1.54) is 6.20 Å². The highest BCUT2D eigenvalue weighted by Crippen LogP contribution is 2.14. The van der Waals surface area contributed by atoms with Crippen molar-refractivity contribution in [2.75, 3.05) is 6.54 Å². The maximum absolute atomic E-state index is 11.5. The minimum absolute atomic E-state index is 0.201. The molecule has 120 valence electrons. The minimum Gasteiger partial charge on any atom is -0.477 e. The zero-order valence-corrected chi connectivity index (χ0v) is 13.1. The molecule has 0 aliphatic carbocycles. The topological polar surface area (TPSA) is 88.5 Å². The van der Waals surface area contributed by atoms with Crippen molar-refractivity contribution in [2.45, 2.75) is 13.0 Å². The number of benzene rings is 1. The number of carboxylic acids is 1. The molecule has 2 rings (SSSR count). The van der Waals surface area contributed by atoms with Crippen molar-refractivity contribution in [3.8, 4) is 0 Å². The fourth-order valence-corrected chi connectivity index (χ4v) is 2.37. The predicted octanol–water partition coefficient (Wildman–Crippen LogP) is 3.17. The van der Waals surface area contributed by atoms with E-state index in [-0.39, 0.29) is 11.5 Å². The first-order valence-corrected chi connectivity index (χ1v) is 7.77. The normalized spacial score (nSPS) is 10.6. The largest absolute Gasteiger partial charge is 0.477 e. The van der Waals surface area contributed by atoms with Gasteiger partial charge in [-0.2, -0.15) is 0 Å². The number of nitrogens with zero attached hydrogens (tertiary/aromatic N) is 1. The zero-order valence-electron chi connectivity index (χ0n) is 12.3. The van der Waals surface area contributed by atoms with Crippen LogP contribution in [0.3, 0.4) is 0 Å². The maximum atomic E-state index is 11.5. The Balaban J connectivity index is 1.63. The molecule has 0 spiro atoms. The van der Waals surface area contributed by atoms with Gasteiger partial charge in [0.2, 0.25) is 0 Å². The van der Waals surface area contributed by atoms with Gasteiger partial charge in [0.25, 0.3) is 0 Å². The Morgan fingerprint density at radius 2 is 2.09 bits per heavy atom. The van der Waals surface area contributed by atoms with Crippen LogP contribution in [-0.2, 0) is 11.3 Å². The van der Waals surface area contributed by atoms with Crippen LogP contribution in [0.4, 0.5) is 4.79 Å².